The van der Waals surface area contributed by atoms with Gasteiger partial charge in [0.2, 0.25) is 5.91 Å². The molecule has 3 heteroatoms. The lowest BCUT2D eigenvalue weighted by Gasteiger charge is -2.31. The summed E-state index contributed by atoms with van der Waals surface area (Å²) in [4.78, 5) is 11.6. The van der Waals surface area contributed by atoms with E-state index in [9.17, 15) is 4.79 Å². The van der Waals surface area contributed by atoms with Crippen LogP contribution >= 0.6 is 11.6 Å². The lowest BCUT2D eigenvalue weighted by atomic mass is 9.82. The Hall–Kier alpha value is -1.02. The summed E-state index contributed by atoms with van der Waals surface area (Å²) in [6.07, 6.45) is 3.52. The van der Waals surface area contributed by atoms with Crippen molar-refractivity contribution in [3.63, 3.8) is 0 Å². The second-order valence-electron chi connectivity index (χ2n) is 5.73. The van der Waals surface area contributed by atoms with E-state index in [0.717, 1.165) is 24.3 Å². The monoisotopic (exact) mass is 265 g/mol. The lowest BCUT2D eigenvalue weighted by Crippen LogP contribution is -2.44. The van der Waals surface area contributed by atoms with Crippen molar-refractivity contribution < 1.29 is 4.79 Å². The van der Waals surface area contributed by atoms with Crippen LogP contribution < -0.4 is 5.32 Å². The summed E-state index contributed by atoms with van der Waals surface area (Å²) in [5, 5.41) is 3.95. The standard InChI is InChI=1S/C15H20ClNO/c1-11(2)9-15(8-7-14(18)17-15)10-12-3-5-13(16)6-4-12/h3-6,11H,7-10H2,1-2H3,(H,17,18). The molecule has 98 valence electrons. The number of halogens is 1. The third-order valence-corrected chi connectivity index (χ3v) is 3.74. The van der Waals surface area contributed by atoms with Gasteiger partial charge in [0.15, 0.2) is 0 Å². The molecule has 1 amide bonds. The highest BCUT2D eigenvalue weighted by Crippen LogP contribution is 2.31. The van der Waals surface area contributed by atoms with Crippen LogP contribution in [0.15, 0.2) is 24.3 Å². The number of carbonyl (C=O) groups excluding carboxylic acids is 1. The van der Waals surface area contributed by atoms with Gasteiger partial charge in [-0.25, -0.2) is 0 Å². The topological polar surface area (TPSA) is 29.1 Å². The molecule has 0 aromatic heterocycles. The third-order valence-electron chi connectivity index (χ3n) is 3.49. The molecule has 0 aliphatic carbocycles. The molecular weight excluding hydrogens is 246 g/mol. The number of hydrogen-bond donors (Lipinski definition) is 1. The van der Waals surface area contributed by atoms with Crippen LogP contribution in [0.3, 0.4) is 0 Å². The van der Waals surface area contributed by atoms with Crippen LogP contribution in [0.4, 0.5) is 0 Å². The van der Waals surface area contributed by atoms with Crippen LogP contribution in [0, 0.1) is 5.92 Å². The molecule has 1 aromatic rings. The molecular formula is C15H20ClNO. The molecule has 0 radical (unpaired) electrons. The zero-order chi connectivity index (χ0) is 13.2. The van der Waals surface area contributed by atoms with E-state index < -0.39 is 0 Å². The second-order valence-corrected chi connectivity index (χ2v) is 6.17. The molecule has 1 aliphatic rings. The number of carbonyl (C=O) groups is 1. The molecule has 2 rings (SSSR count). The Morgan fingerprint density at radius 2 is 2.00 bits per heavy atom. The lowest BCUT2D eigenvalue weighted by molar-refractivity contribution is -0.119. The highest BCUT2D eigenvalue weighted by molar-refractivity contribution is 6.30. The summed E-state index contributed by atoms with van der Waals surface area (Å²) in [5.74, 6) is 0.764. The summed E-state index contributed by atoms with van der Waals surface area (Å²) < 4.78 is 0. The van der Waals surface area contributed by atoms with Gasteiger partial charge in [0.25, 0.3) is 0 Å². The number of rotatable bonds is 4. The number of hydrogen-bond acceptors (Lipinski definition) is 1. The van der Waals surface area contributed by atoms with Crippen LogP contribution in [-0.2, 0) is 11.2 Å². The van der Waals surface area contributed by atoms with Gasteiger partial charge in [0.05, 0.1) is 0 Å². The fraction of sp³-hybridized carbons (Fsp3) is 0.533. The largest absolute Gasteiger partial charge is 0.350 e. The van der Waals surface area contributed by atoms with Gasteiger partial charge in [0, 0.05) is 17.0 Å². The first kappa shape index (κ1) is 13.4. The molecule has 0 spiro atoms. The maximum absolute atomic E-state index is 11.6. The average Bonchev–Trinajstić information content (AvgIpc) is 2.62. The Bertz CT molecular complexity index is 427. The molecule has 1 aromatic carbocycles. The third kappa shape index (κ3) is 3.26. The number of nitrogens with one attached hydrogen (secondary N) is 1. The van der Waals surface area contributed by atoms with Crippen molar-refractivity contribution in [2.75, 3.05) is 0 Å². The van der Waals surface area contributed by atoms with Crippen LogP contribution in [0.25, 0.3) is 0 Å². The Balaban J connectivity index is 2.15. The zero-order valence-corrected chi connectivity index (χ0v) is 11.8. The van der Waals surface area contributed by atoms with Gasteiger partial charge >= 0.3 is 0 Å². The molecule has 2 nitrogen and oxygen atoms in total. The first-order valence-electron chi connectivity index (χ1n) is 6.55. The normalized spacial score (nSPS) is 23.4. The molecule has 1 unspecified atom stereocenters. The predicted octanol–water partition coefficient (Wildman–Crippen LogP) is 3.58. The molecule has 0 bridgehead atoms. The highest BCUT2D eigenvalue weighted by atomic mass is 35.5. The minimum absolute atomic E-state index is 0.0565. The maximum Gasteiger partial charge on any atom is 0.220 e. The average molecular weight is 266 g/mol. The summed E-state index contributed by atoms with van der Waals surface area (Å²) >= 11 is 5.90. The first-order valence-corrected chi connectivity index (χ1v) is 6.92. The van der Waals surface area contributed by atoms with Crippen LogP contribution in [-0.4, -0.2) is 11.4 Å². The van der Waals surface area contributed by atoms with Crippen LogP contribution in [0.2, 0.25) is 5.02 Å². The summed E-state index contributed by atoms with van der Waals surface area (Å²) in [7, 11) is 0. The van der Waals surface area contributed by atoms with Gasteiger partial charge in [-0.15, -0.1) is 0 Å². The van der Waals surface area contributed by atoms with Crippen LogP contribution in [0.5, 0.6) is 0 Å². The Morgan fingerprint density at radius 1 is 1.33 bits per heavy atom. The van der Waals surface area contributed by atoms with E-state index in [1.807, 2.05) is 12.1 Å². The molecule has 1 saturated heterocycles. The Kier molecular flexibility index (Phi) is 3.96. The van der Waals surface area contributed by atoms with Crippen molar-refractivity contribution in [1.82, 2.24) is 5.32 Å². The molecule has 0 saturated carbocycles. The zero-order valence-electron chi connectivity index (χ0n) is 11.0. The highest BCUT2D eigenvalue weighted by Gasteiger charge is 2.37. The molecule has 1 heterocycles. The summed E-state index contributed by atoms with van der Waals surface area (Å²) in [5.41, 5.74) is 1.18. The first-order chi connectivity index (χ1) is 8.49. The van der Waals surface area contributed by atoms with Gasteiger partial charge in [-0.1, -0.05) is 37.6 Å². The fourth-order valence-electron chi connectivity index (χ4n) is 2.91. The SMILES string of the molecule is CC(C)CC1(Cc2ccc(Cl)cc2)CCC(=O)N1. The summed E-state index contributed by atoms with van der Waals surface area (Å²) in [6, 6.07) is 7.93. The summed E-state index contributed by atoms with van der Waals surface area (Å²) in [6.45, 7) is 4.40. The van der Waals surface area contributed by atoms with Gasteiger partial charge in [-0.2, -0.15) is 0 Å². The minimum Gasteiger partial charge on any atom is -0.350 e. The van der Waals surface area contributed by atoms with E-state index in [1.54, 1.807) is 0 Å². The Labute approximate surface area is 114 Å². The van der Waals surface area contributed by atoms with E-state index in [0.29, 0.717) is 12.3 Å². The van der Waals surface area contributed by atoms with Gasteiger partial charge in [-0.3, -0.25) is 4.79 Å². The van der Waals surface area contributed by atoms with Crippen molar-refractivity contribution >= 4 is 17.5 Å². The Morgan fingerprint density at radius 3 is 2.50 bits per heavy atom. The van der Waals surface area contributed by atoms with E-state index in [-0.39, 0.29) is 11.4 Å². The van der Waals surface area contributed by atoms with E-state index in [2.05, 4.69) is 31.3 Å². The smallest absolute Gasteiger partial charge is 0.220 e. The molecule has 1 atom stereocenters. The number of amides is 1. The van der Waals surface area contributed by atoms with Crippen molar-refractivity contribution in [3.05, 3.63) is 34.9 Å². The van der Waals surface area contributed by atoms with Crippen LogP contribution in [0.1, 0.15) is 38.7 Å². The second kappa shape index (κ2) is 5.31. The van der Waals surface area contributed by atoms with E-state index >= 15 is 0 Å². The molecule has 1 aliphatic heterocycles. The van der Waals surface area contributed by atoms with Gasteiger partial charge in [-0.05, 0) is 42.9 Å². The quantitative estimate of drug-likeness (QED) is 0.886. The van der Waals surface area contributed by atoms with E-state index in [4.69, 9.17) is 11.6 Å². The van der Waals surface area contributed by atoms with Crippen molar-refractivity contribution in [2.24, 2.45) is 5.92 Å². The van der Waals surface area contributed by atoms with Gasteiger partial charge in [0.1, 0.15) is 0 Å². The van der Waals surface area contributed by atoms with Gasteiger partial charge < -0.3 is 5.32 Å². The fourth-order valence-corrected chi connectivity index (χ4v) is 3.03. The van der Waals surface area contributed by atoms with Crippen molar-refractivity contribution in [1.29, 1.82) is 0 Å². The predicted molar refractivity (Wildman–Crippen MR) is 74.7 cm³/mol. The van der Waals surface area contributed by atoms with Crippen molar-refractivity contribution in [3.8, 4) is 0 Å². The van der Waals surface area contributed by atoms with E-state index in [1.165, 1.54) is 5.56 Å². The minimum atomic E-state index is -0.0565. The number of benzene rings is 1. The maximum atomic E-state index is 11.6. The molecule has 1 N–H and O–H groups in total. The molecule has 1 fully saturated rings. The molecule has 18 heavy (non-hydrogen) atoms. The van der Waals surface area contributed by atoms with Crippen molar-refractivity contribution in [2.45, 2.75) is 45.1 Å².